The maximum Gasteiger partial charge on any atom is 0.00772 e. The first-order valence-corrected chi connectivity index (χ1v) is 8.15. The van der Waals surface area contributed by atoms with Crippen molar-refractivity contribution in [2.24, 2.45) is 5.73 Å². The van der Waals surface area contributed by atoms with Crippen LogP contribution in [-0.4, -0.2) is 72.0 Å². The Morgan fingerprint density at radius 3 is 1.25 bits per heavy atom. The zero-order valence-corrected chi connectivity index (χ0v) is 13.3. The van der Waals surface area contributed by atoms with E-state index in [-0.39, 0.29) is 0 Å². The van der Waals surface area contributed by atoms with E-state index < -0.39 is 0 Å². The molecule has 0 atom stereocenters. The first-order valence-electron chi connectivity index (χ1n) is 8.15. The van der Waals surface area contributed by atoms with Crippen molar-refractivity contribution < 1.29 is 0 Å². The van der Waals surface area contributed by atoms with Crippen molar-refractivity contribution in [1.82, 2.24) is 26.6 Å². The predicted octanol–water partition coefficient (Wildman–Crippen LogP) is -1.31. The smallest absolute Gasteiger partial charge is 0.00772 e. The van der Waals surface area contributed by atoms with Gasteiger partial charge in [-0.3, -0.25) is 0 Å². The number of rotatable bonds is 17. The Balaban J connectivity index is 2.89. The van der Waals surface area contributed by atoms with Gasteiger partial charge in [0.1, 0.15) is 0 Å². The maximum absolute atomic E-state index is 5.39. The largest absolute Gasteiger partial charge is 0.329 e. The molecule has 7 N–H and O–H groups in total. The van der Waals surface area contributed by atoms with Gasteiger partial charge >= 0.3 is 0 Å². The van der Waals surface area contributed by atoms with Crippen LogP contribution in [0.1, 0.15) is 19.8 Å². The summed E-state index contributed by atoms with van der Waals surface area (Å²) >= 11 is 0. The number of nitrogens with one attached hydrogen (secondary N) is 5. The van der Waals surface area contributed by atoms with Crippen LogP contribution in [0.4, 0.5) is 0 Å². The first kappa shape index (κ1) is 19.8. The normalized spacial score (nSPS) is 11.1. The minimum Gasteiger partial charge on any atom is -0.329 e. The summed E-state index contributed by atoms with van der Waals surface area (Å²) in [6.45, 7) is 13.2. The van der Waals surface area contributed by atoms with Crippen LogP contribution >= 0.6 is 0 Å². The van der Waals surface area contributed by atoms with E-state index >= 15 is 0 Å². The van der Waals surface area contributed by atoms with Crippen molar-refractivity contribution in [3.05, 3.63) is 0 Å². The summed E-state index contributed by atoms with van der Waals surface area (Å²) in [7, 11) is 0. The van der Waals surface area contributed by atoms with E-state index in [1.165, 1.54) is 12.8 Å². The molecular weight excluding hydrogens is 252 g/mol. The highest BCUT2D eigenvalue weighted by molar-refractivity contribution is 4.57. The molecule has 0 aliphatic heterocycles. The first-order chi connectivity index (χ1) is 9.91. The van der Waals surface area contributed by atoms with Crippen LogP contribution in [0.3, 0.4) is 0 Å². The highest BCUT2D eigenvalue weighted by Gasteiger charge is 1.90. The Morgan fingerprint density at radius 1 is 0.550 bits per heavy atom. The molecule has 20 heavy (non-hydrogen) atoms. The van der Waals surface area contributed by atoms with Crippen molar-refractivity contribution in [2.75, 3.05) is 72.0 Å². The van der Waals surface area contributed by atoms with Gasteiger partial charge in [0.15, 0.2) is 0 Å². The monoisotopic (exact) mass is 288 g/mol. The zero-order valence-electron chi connectivity index (χ0n) is 13.3. The second-order valence-electron chi connectivity index (χ2n) is 4.89. The Hall–Kier alpha value is -0.240. The van der Waals surface area contributed by atoms with Crippen molar-refractivity contribution >= 4 is 0 Å². The lowest BCUT2D eigenvalue weighted by molar-refractivity contribution is 0.555. The molecule has 0 aromatic heterocycles. The summed E-state index contributed by atoms with van der Waals surface area (Å²) < 4.78 is 0. The topological polar surface area (TPSA) is 86.2 Å². The second-order valence-corrected chi connectivity index (χ2v) is 4.89. The molecule has 0 unspecified atom stereocenters. The lowest BCUT2D eigenvalue weighted by Gasteiger charge is -2.08. The van der Waals surface area contributed by atoms with Crippen LogP contribution in [0.2, 0.25) is 0 Å². The van der Waals surface area contributed by atoms with Crippen LogP contribution in [0, 0.1) is 0 Å². The predicted molar refractivity (Wildman–Crippen MR) is 88.3 cm³/mol. The van der Waals surface area contributed by atoms with Gasteiger partial charge in [-0.25, -0.2) is 0 Å². The van der Waals surface area contributed by atoms with E-state index in [0.717, 1.165) is 65.4 Å². The summed E-state index contributed by atoms with van der Waals surface area (Å²) in [6.07, 6.45) is 2.54. The molecule has 0 heterocycles. The fraction of sp³-hybridized carbons (Fsp3) is 1.00. The molecule has 6 heteroatoms. The van der Waals surface area contributed by atoms with Crippen LogP contribution in [0.25, 0.3) is 0 Å². The molecule has 0 rings (SSSR count). The van der Waals surface area contributed by atoms with Crippen LogP contribution < -0.4 is 32.3 Å². The molecule has 0 radical (unpaired) electrons. The Labute approximate surface area is 125 Å². The van der Waals surface area contributed by atoms with Crippen molar-refractivity contribution in [3.63, 3.8) is 0 Å². The number of hydrogen-bond donors (Lipinski definition) is 6. The molecule has 0 amide bonds. The van der Waals surface area contributed by atoms with E-state index in [9.17, 15) is 0 Å². The van der Waals surface area contributed by atoms with E-state index in [4.69, 9.17) is 5.73 Å². The molecule has 0 bridgehead atoms. The Morgan fingerprint density at radius 2 is 0.900 bits per heavy atom. The third-order valence-electron chi connectivity index (χ3n) is 2.94. The van der Waals surface area contributed by atoms with Gasteiger partial charge in [-0.2, -0.15) is 0 Å². The van der Waals surface area contributed by atoms with Crippen LogP contribution in [0.15, 0.2) is 0 Å². The Bertz CT molecular complexity index is 150. The van der Waals surface area contributed by atoms with E-state index in [2.05, 4.69) is 33.5 Å². The van der Waals surface area contributed by atoms with Gasteiger partial charge < -0.3 is 32.3 Å². The minimum atomic E-state index is 0.711. The van der Waals surface area contributed by atoms with E-state index in [1.54, 1.807) is 0 Å². The third kappa shape index (κ3) is 17.8. The van der Waals surface area contributed by atoms with Crippen molar-refractivity contribution in [1.29, 1.82) is 0 Å². The highest BCUT2D eigenvalue weighted by atomic mass is 15.0. The maximum atomic E-state index is 5.39. The second kappa shape index (κ2) is 18.8. The fourth-order valence-corrected chi connectivity index (χ4v) is 1.74. The molecule has 122 valence electrons. The summed E-state index contributed by atoms with van der Waals surface area (Å²) in [5.41, 5.74) is 5.39. The van der Waals surface area contributed by atoms with E-state index in [1.807, 2.05) is 0 Å². The number of nitrogens with two attached hydrogens (primary N) is 1. The summed E-state index contributed by atoms with van der Waals surface area (Å²) in [5, 5.41) is 16.9. The van der Waals surface area contributed by atoms with Gasteiger partial charge in [0.2, 0.25) is 0 Å². The average Bonchev–Trinajstić information content (AvgIpc) is 2.47. The molecule has 0 aliphatic rings. The molecule has 0 saturated carbocycles. The molecule has 0 aromatic carbocycles. The van der Waals surface area contributed by atoms with Gasteiger partial charge in [0.25, 0.3) is 0 Å². The highest BCUT2D eigenvalue weighted by Crippen LogP contribution is 1.80. The summed E-state index contributed by atoms with van der Waals surface area (Å²) in [4.78, 5) is 0. The fourth-order valence-electron chi connectivity index (χ4n) is 1.74. The summed E-state index contributed by atoms with van der Waals surface area (Å²) in [5.74, 6) is 0. The Kier molecular flexibility index (Phi) is 18.5. The lowest BCUT2D eigenvalue weighted by Crippen LogP contribution is -2.37. The number of hydrogen-bond acceptors (Lipinski definition) is 6. The van der Waals surface area contributed by atoms with Gasteiger partial charge in [-0.1, -0.05) is 13.3 Å². The molecule has 6 nitrogen and oxygen atoms in total. The molecular formula is C14H36N6. The SMILES string of the molecule is CCCCNCCNCCNCCNCCNCCN. The van der Waals surface area contributed by atoms with E-state index in [0.29, 0.717) is 6.54 Å². The quantitative estimate of drug-likeness (QED) is 0.187. The van der Waals surface area contributed by atoms with Crippen molar-refractivity contribution in [3.8, 4) is 0 Å². The lowest BCUT2D eigenvalue weighted by atomic mass is 10.3. The molecule has 0 spiro atoms. The molecule has 0 fully saturated rings. The van der Waals surface area contributed by atoms with Crippen LogP contribution in [0.5, 0.6) is 0 Å². The molecule has 0 saturated heterocycles. The van der Waals surface area contributed by atoms with Gasteiger partial charge in [0, 0.05) is 65.4 Å². The summed E-state index contributed by atoms with van der Waals surface area (Å²) in [6, 6.07) is 0. The molecule has 0 aromatic rings. The van der Waals surface area contributed by atoms with Crippen LogP contribution in [-0.2, 0) is 0 Å². The zero-order chi connectivity index (χ0) is 14.7. The standard InChI is InChI=1S/C14H36N6/c1-2-3-5-16-7-9-18-11-13-20-14-12-19-10-8-17-6-4-15/h16-20H,2-15H2,1H3. The molecule has 0 aliphatic carbocycles. The minimum absolute atomic E-state index is 0.711. The van der Waals surface area contributed by atoms with Gasteiger partial charge in [-0.05, 0) is 13.0 Å². The third-order valence-corrected chi connectivity index (χ3v) is 2.94. The van der Waals surface area contributed by atoms with Crippen molar-refractivity contribution in [2.45, 2.75) is 19.8 Å². The van der Waals surface area contributed by atoms with Gasteiger partial charge in [-0.15, -0.1) is 0 Å². The average molecular weight is 288 g/mol. The van der Waals surface area contributed by atoms with Gasteiger partial charge in [0.05, 0.1) is 0 Å². The number of unbranched alkanes of at least 4 members (excludes halogenated alkanes) is 1.